The van der Waals surface area contributed by atoms with Crippen LogP contribution in [0.15, 0.2) is 16.9 Å². The summed E-state index contributed by atoms with van der Waals surface area (Å²) in [5.41, 5.74) is 0.489. The van der Waals surface area contributed by atoms with Crippen LogP contribution in [0.4, 0.5) is 0 Å². The first kappa shape index (κ1) is 13.1. The molecule has 0 radical (unpaired) electrons. The SMILES string of the molecule is CCOC(=O)C(C#N)c1cnc(Br)cc1C#N. The Hall–Kier alpha value is -1.92. The van der Waals surface area contributed by atoms with Crippen LogP contribution in [0.25, 0.3) is 0 Å². The van der Waals surface area contributed by atoms with Gasteiger partial charge in [-0.3, -0.25) is 4.79 Å². The number of esters is 1. The zero-order valence-electron chi connectivity index (χ0n) is 8.98. The zero-order chi connectivity index (χ0) is 12.8. The highest BCUT2D eigenvalue weighted by molar-refractivity contribution is 9.10. The van der Waals surface area contributed by atoms with Gasteiger partial charge < -0.3 is 4.74 Å². The van der Waals surface area contributed by atoms with Crippen LogP contribution in [0.3, 0.4) is 0 Å². The van der Waals surface area contributed by atoms with Gasteiger partial charge in [-0.15, -0.1) is 0 Å². The lowest BCUT2D eigenvalue weighted by Gasteiger charge is -2.09. The van der Waals surface area contributed by atoms with E-state index in [9.17, 15) is 4.79 Å². The summed E-state index contributed by atoms with van der Waals surface area (Å²) in [6, 6.07) is 5.19. The monoisotopic (exact) mass is 293 g/mol. The average Bonchev–Trinajstić information content (AvgIpc) is 2.32. The van der Waals surface area contributed by atoms with Crippen LogP contribution in [0.1, 0.15) is 24.0 Å². The Balaban J connectivity index is 3.18. The molecule has 1 heterocycles. The molecule has 5 nitrogen and oxygen atoms in total. The van der Waals surface area contributed by atoms with Crippen molar-refractivity contribution in [3.63, 3.8) is 0 Å². The molecule has 0 fully saturated rings. The van der Waals surface area contributed by atoms with Gasteiger partial charge in [0.25, 0.3) is 0 Å². The molecule has 0 amide bonds. The molecule has 0 saturated carbocycles. The normalized spacial score (nSPS) is 11.1. The summed E-state index contributed by atoms with van der Waals surface area (Å²) in [5.74, 6) is -1.79. The Bertz CT molecular complexity index is 516. The first-order chi connectivity index (χ1) is 8.13. The van der Waals surface area contributed by atoms with Gasteiger partial charge in [0.15, 0.2) is 5.92 Å². The molecule has 86 valence electrons. The second-order valence-electron chi connectivity index (χ2n) is 3.02. The second kappa shape index (κ2) is 5.97. The van der Waals surface area contributed by atoms with Gasteiger partial charge in [-0.05, 0) is 28.9 Å². The van der Waals surface area contributed by atoms with E-state index < -0.39 is 11.9 Å². The molecule has 1 unspecified atom stereocenters. The molecule has 1 rings (SSSR count). The molecule has 0 saturated heterocycles. The van der Waals surface area contributed by atoms with E-state index in [1.54, 1.807) is 6.92 Å². The Morgan fingerprint density at radius 2 is 2.35 bits per heavy atom. The average molecular weight is 294 g/mol. The quantitative estimate of drug-likeness (QED) is 0.627. The summed E-state index contributed by atoms with van der Waals surface area (Å²) in [6.45, 7) is 1.83. The van der Waals surface area contributed by atoms with E-state index in [0.717, 1.165) is 0 Å². The molecule has 17 heavy (non-hydrogen) atoms. The van der Waals surface area contributed by atoms with Crippen LogP contribution in [0.2, 0.25) is 0 Å². The predicted octanol–water partition coefficient (Wildman–Crippen LogP) is 1.89. The van der Waals surface area contributed by atoms with Crippen molar-refractivity contribution in [2.24, 2.45) is 0 Å². The van der Waals surface area contributed by atoms with E-state index >= 15 is 0 Å². The standard InChI is InChI=1S/C11H8BrN3O2/c1-2-17-11(16)8(5-14)9-6-15-10(12)3-7(9)4-13/h3,6,8H,2H2,1H3. The highest BCUT2D eigenvalue weighted by Crippen LogP contribution is 2.22. The minimum Gasteiger partial charge on any atom is -0.465 e. The topological polar surface area (TPSA) is 86.8 Å². The third-order valence-corrected chi connectivity index (χ3v) is 2.42. The smallest absolute Gasteiger partial charge is 0.328 e. The summed E-state index contributed by atoms with van der Waals surface area (Å²) in [6.07, 6.45) is 1.33. The Morgan fingerprint density at radius 1 is 1.65 bits per heavy atom. The maximum Gasteiger partial charge on any atom is 0.328 e. The number of nitriles is 2. The van der Waals surface area contributed by atoms with Gasteiger partial charge in [0.2, 0.25) is 0 Å². The number of hydrogen-bond acceptors (Lipinski definition) is 5. The zero-order valence-corrected chi connectivity index (χ0v) is 10.6. The number of ether oxygens (including phenoxy) is 1. The molecule has 0 spiro atoms. The molecule has 1 atom stereocenters. The van der Waals surface area contributed by atoms with Gasteiger partial charge >= 0.3 is 5.97 Å². The Kier molecular flexibility index (Phi) is 4.62. The highest BCUT2D eigenvalue weighted by Gasteiger charge is 2.25. The number of aromatic nitrogens is 1. The fraction of sp³-hybridized carbons (Fsp3) is 0.273. The number of halogens is 1. The Labute approximate surface area is 107 Å². The molecule has 0 bridgehead atoms. The first-order valence-corrected chi connectivity index (χ1v) is 5.55. The van der Waals surface area contributed by atoms with Gasteiger partial charge in [0.1, 0.15) is 4.60 Å². The summed E-state index contributed by atoms with van der Waals surface area (Å²) < 4.78 is 5.24. The summed E-state index contributed by atoms with van der Waals surface area (Å²) >= 11 is 3.11. The fourth-order valence-electron chi connectivity index (χ4n) is 1.24. The van der Waals surface area contributed by atoms with Crippen molar-refractivity contribution in [1.29, 1.82) is 10.5 Å². The van der Waals surface area contributed by atoms with E-state index in [1.807, 2.05) is 12.1 Å². The molecular weight excluding hydrogens is 286 g/mol. The van der Waals surface area contributed by atoms with E-state index in [1.165, 1.54) is 12.3 Å². The molecule has 0 aliphatic heterocycles. The summed E-state index contributed by atoms with van der Waals surface area (Å²) in [5, 5.41) is 17.9. The van der Waals surface area contributed by atoms with Crippen LogP contribution in [0, 0.1) is 22.7 Å². The molecule has 0 aliphatic rings. The van der Waals surface area contributed by atoms with E-state index in [0.29, 0.717) is 4.60 Å². The predicted molar refractivity (Wildman–Crippen MR) is 61.6 cm³/mol. The van der Waals surface area contributed by atoms with Crippen molar-refractivity contribution in [1.82, 2.24) is 4.98 Å². The lowest BCUT2D eigenvalue weighted by molar-refractivity contribution is -0.143. The number of nitrogens with zero attached hydrogens (tertiary/aromatic N) is 3. The van der Waals surface area contributed by atoms with Gasteiger partial charge in [-0.2, -0.15) is 10.5 Å². The van der Waals surface area contributed by atoms with Crippen LogP contribution >= 0.6 is 15.9 Å². The van der Waals surface area contributed by atoms with Gasteiger partial charge in [0.05, 0.1) is 24.3 Å². The second-order valence-corrected chi connectivity index (χ2v) is 3.83. The fourth-order valence-corrected chi connectivity index (χ4v) is 1.57. The van der Waals surface area contributed by atoms with Crippen molar-refractivity contribution < 1.29 is 9.53 Å². The largest absolute Gasteiger partial charge is 0.465 e. The Morgan fingerprint density at radius 3 is 2.88 bits per heavy atom. The number of carbonyl (C=O) groups is 1. The lowest BCUT2D eigenvalue weighted by atomic mass is 9.98. The van der Waals surface area contributed by atoms with Crippen molar-refractivity contribution in [2.45, 2.75) is 12.8 Å². The maximum atomic E-state index is 11.5. The maximum absolute atomic E-state index is 11.5. The van der Waals surface area contributed by atoms with Crippen molar-refractivity contribution in [3.8, 4) is 12.1 Å². The highest BCUT2D eigenvalue weighted by atomic mass is 79.9. The third-order valence-electron chi connectivity index (χ3n) is 1.98. The van der Waals surface area contributed by atoms with E-state index in [2.05, 4.69) is 20.9 Å². The first-order valence-electron chi connectivity index (χ1n) is 4.75. The van der Waals surface area contributed by atoms with Crippen LogP contribution < -0.4 is 0 Å². The molecule has 6 heteroatoms. The van der Waals surface area contributed by atoms with Gasteiger partial charge in [-0.25, -0.2) is 4.98 Å². The molecule has 0 aliphatic carbocycles. The van der Waals surface area contributed by atoms with Crippen LogP contribution in [-0.2, 0) is 9.53 Å². The summed E-state index contributed by atoms with van der Waals surface area (Å²) in [4.78, 5) is 15.4. The van der Waals surface area contributed by atoms with Gasteiger partial charge in [0, 0.05) is 11.8 Å². The van der Waals surface area contributed by atoms with Gasteiger partial charge in [-0.1, -0.05) is 0 Å². The number of carbonyl (C=O) groups excluding carboxylic acids is 1. The van der Waals surface area contributed by atoms with E-state index in [-0.39, 0.29) is 17.7 Å². The molecule has 1 aromatic heterocycles. The number of rotatable bonds is 3. The number of pyridine rings is 1. The van der Waals surface area contributed by atoms with Crippen molar-refractivity contribution in [3.05, 3.63) is 28.0 Å². The summed E-state index contributed by atoms with van der Waals surface area (Å²) in [7, 11) is 0. The van der Waals surface area contributed by atoms with Crippen molar-refractivity contribution >= 4 is 21.9 Å². The minimum absolute atomic E-state index is 0.183. The molecule has 0 N–H and O–H groups in total. The minimum atomic E-state index is -1.12. The molecular formula is C11H8BrN3O2. The molecule has 0 aromatic carbocycles. The number of hydrogen-bond donors (Lipinski definition) is 0. The molecule has 1 aromatic rings. The van der Waals surface area contributed by atoms with Crippen LogP contribution in [0.5, 0.6) is 0 Å². The van der Waals surface area contributed by atoms with Crippen LogP contribution in [-0.4, -0.2) is 17.6 Å². The third kappa shape index (κ3) is 3.02. The van der Waals surface area contributed by atoms with E-state index in [4.69, 9.17) is 15.3 Å². The lowest BCUT2D eigenvalue weighted by Crippen LogP contribution is -2.15. The van der Waals surface area contributed by atoms with Crippen molar-refractivity contribution in [2.75, 3.05) is 6.61 Å².